The number of carboxylic acids is 1. The van der Waals surface area contributed by atoms with Crippen molar-refractivity contribution in [3.63, 3.8) is 0 Å². The first-order chi connectivity index (χ1) is 11.5. The maximum absolute atomic E-state index is 12.2. The predicted octanol–water partition coefficient (Wildman–Crippen LogP) is -0.549. The van der Waals surface area contributed by atoms with Gasteiger partial charge < -0.3 is 20.6 Å². The molecular weight excluding hydrogens is 310 g/mol. The Hall–Kier alpha value is -2.33. The molecule has 24 heavy (non-hydrogen) atoms. The van der Waals surface area contributed by atoms with Gasteiger partial charge in [-0.2, -0.15) is 0 Å². The van der Waals surface area contributed by atoms with E-state index in [4.69, 9.17) is 11.5 Å². The van der Waals surface area contributed by atoms with Gasteiger partial charge in [0.1, 0.15) is 5.92 Å². The van der Waals surface area contributed by atoms with Gasteiger partial charge in [-0.05, 0) is 18.9 Å². The number of amides is 2. The molecule has 0 radical (unpaired) electrons. The topological polar surface area (TPSA) is 98.7 Å². The molecule has 2 rings (SSSR count). The summed E-state index contributed by atoms with van der Waals surface area (Å²) >= 11 is 0. The standard InChI is InChI=1S/C17H23N3O4/c1-2-13(17(23)24)10-19-16(22)14-4-3-7-20(11-14)15(21)6-5-12-8-18-9-12/h1,5-6,12-14,18H,3-4,7-11H2,(H,19,22)(H,23,24)/b6-5+/t13-,14+/m0/s1. The Morgan fingerprint density at radius 3 is 2.75 bits per heavy atom. The molecule has 7 nitrogen and oxygen atoms in total. The van der Waals surface area contributed by atoms with Crippen LogP contribution in [0.1, 0.15) is 12.8 Å². The maximum Gasteiger partial charge on any atom is 0.320 e. The quantitative estimate of drug-likeness (QED) is 0.447. The summed E-state index contributed by atoms with van der Waals surface area (Å²) in [6.45, 7) is 2.69. The molecule has 2 heterocycles. The van der Waals surface area contributed by atoms with Crippen molar-refractivity contribution in [1.82, 2.24) is 15.5 Å². The maximum atomic E-state index is 12.2. The van der Waals surface area contributed by atoms with Gasteiger partial charge >= 0.3 is 5.97 Å². The number of hydrogen-bond donors (Lipinski definition) is 3. The van der Waals surface area contributed by atoms with E-state index in [1.165, 1.54) is 0 Å². The van der Waals surface area contributed by atoms with Gasteiger partial charge in [0, 0.05) is 38.6 Å². The molecule has 7 heteroatoms. The fourth-order valence-electron chi connectivity index (χ4n) is 2.73. The molecule has 0 unspecified atom stereocenters. The first kappa shape index (κ1) is 18.0. The van der Waals surface area contributed by atoms with Crippen LogP contribution in [0.5, 0.6) is 0 Å². The lowest BCUT2D eigenvalue weighted by molar-refractivity contribution is -0.139. The SMILES string of the molecule is C#C[C@@H](CNC(=O)[C@@H]1CCCN(C(=O)/C=C/C2CNC2)C1)C(=O)O. The van der Waals surface area contributed by atoms with Gasteiger partial charge in [-0.25, -0.2) is 0 Å². The number of rotatable bonds is 6. The van der Waals surface area contributed by atoms with Gasteiger partial charge in [-0.3, -0.25) is 14.4 Å². The minimum Gasteiger partial charge on any atom is -0.480 e. The summed E-state index contributed by atoms with van der Waals surface area (Å²) in [6, 6.07) is 0. The van der Waals surface area contributed by atoms with Crippen LogP contribution in [0.15, 0.2) is 12.2 Å². The number of carbonyl (C=O) groups excluding carboxylic acids is 2. The van der Waals surface area contributed by atoms with E-state index in [0.717, 1.165) is 19.5 Å². The Kier molecular flexibility index (Phi) is 6.38. The van der Waals surface area contributed by atoms with Crippen molar-refractivity contribution >= 4 is 17.8 Å². The molecule has 2 fully saturated rings. The van der Waals surface area contributed by atoms with Crippen LogP contribution in [0.4, 0.5) is 0 Å². The molecule has 2 saturated heterocycles. The summed E-state index contributed by atoms with van der Waals surface area (Å²) in [6.07, 6.45) is 10.1. The highest BCUT2D eigenvalue weighted by atomic mass is 16.4. The zero-order valence-corrected chi connectivity index (χ0v) is 13.5. The lowest BCUT2D eigenvalue weighted by Crippen LogP contribution is -2.46. The number of carboxylic acid groups (broad SMARTS) is 1. The van der Waals surface area contributed by atoms with Gasteiger partial charge in [0.05, 0.1) is 5.92 Å². The van der Waals surface area contributed by atoms with Crippen molar-refractivity contribution in [1.29, 1.82) is 0 Å². The first-order valence-corrected chi connectivity index (χ1v) is 8.15. The molecule has 0 bridgehead atoms. The van der Waals surface area contributed by atoms with Crippen LogP contribution in [0.3, 0.4) is 0 Å². The number of aliphatic carboxylic acids is 1. The van der Waals surface area contributed by atoms with E-state index in [9.17, 15) is 14.4 Å². The third kappa shape index (κ3) is 4.83. The van der Waals surface area contributed by atoms with Crippen molar-refractivity contribution in [2.24, 2.45) is 17.8 Å². The first-order valence-electron chi connectivity index (χ1n) is 8.15. The lowest BCUT2D eigenvalue weighted by Gasteiger charge is -2.31. The molecule has 0 aromatic carbocycles. The minimum absolute atomic E-state index is 0.0774. The fourth-order valence-corrected chi connectivity index (χ4v) is 2.73. The van der Waals surface area contributed by atoms with E-state index in [-0.39, 0.29) is 24.3 Å². The fraction of sp³-hybridized carbons (Fsp3) is 0.588. The van der Waals surface area contributed by atoms with Crippen molar-refractivity contribution in [2.75, 3.05) is 32.7 Å². The Labute approximate surface area is 141 Å². The van der Waals surface area contributed by atoms with Gasteiger partial charge in [0.15, 0.2) is 0 Å². The lowest BCUT2D eigenvalue weighted by atomic mass is 9.96. The van der Waals surface area contributed by atoms with Crippen LogP contribution in [-0.4, -0.2) is 60.5 Å². The summed E-state index contributed by atoms with van der Waals surface area (Å²) < 4.78 is 0. The molecule has 2 atom stereocenters. The summed E-state index contributed by atoms with van der Waals surface area (Å²) in [5.41, 5.74) is 0. The molecule has 2 aliphatic heterocycles. The molecule has 2 amide bonds. The highest BCUT2D eigenvalue weighted by molar-refractivity contribution is 5.88. The van der Waals surface area contributed by atoms with Crippen molar-refractivity contribution in [3.8, 4) is 12.3 Å². The number of nitrogens with one attached hydrogen (secondary N) is 2. The van der Waals surface area contributed by atoms with Crippen LogP contribution in [-0.2, 0) is 14.4 Å². The van der Waals surface area contributed by atoms with Gasteiger partial charge in [-0.15, -0.1) is 6.42 Å². The highest BCUT2D eigenvalue weighted by Gasteiger charge is 2.28. The largest absolute Gasteiger partial charge is 0.480 e. The summed E-state index contributed by atoms with van der Waals surface area (Å²) in [5.74, 6) is -0.272. The number of piperidine rings is 1. The molecule has 0 aromatic rings. The highest BCUT2D eigenvalue weighted by Crippen LogP contribution is 2.17. The van der Waals surface area contributed by atoms with Crippen LogP contribution in [0.2, 0.25) is 0 Å². The van der Waals surface area contributed by atoms with Crippen LogP contribution >= 0.6 is 0 Å². The van der Waals surface area contributed by atoms with E-state index in [0.29, 0.717) is 25.4 Å². The molecule has 0 spiro atoms. The average Bonchev–Trinajstić information content (AvgIpc) is 2.53. The second-order valence-corrected chi connectivity index (χ2v) is 6.20. The van der Waals surface area contributed by atoms with Crippen LogP contribution in [0.25, 0.3) is 0 Å². The Morgan fingerprint density at radius 1 is 1.42 bits per heavy atom. The van der Waals surface area contributed by atoms with Gasteiger partial charge in [-0.1, -0.05) is 12.0 Å². The van der Waals surface area contributed by atoms with Gasteiger partial charge in [0.2, 0.25) is 11.8 Å². The van der Waals surface area contributed by atoms with Crippen molar-refractivity contribution in [2.45, 2.75) is 12.8 Å². The molecule has 3 N–H and O–H groups in total. The number of terminal acetylenes is 1. The Morgan fingerprint density at radius 2 is 2.17 bits per heavy atom. The third-order valence-electron chi connectivity index (χ3n) is 4.41. The number of nitrogens with zero attached hydrogens (tertiary/aromatic N) is 1. The predicted molar refractivity (Wildman–Crippen MR) is 87.8 cm³/mol. The van der Waals surface area contributed by atoms with E-state index in [1.807, 2.05) is 6.08 Å². The van der Waals surface area contributed by atoms with E-state index in [1.54, 1.807) is 11.0 Å². The van der Waals surface area contributed by atoms with Crippen molar-refractivity contribution < 1.29 is 19.5 Å². The average molecular weight is 333 g/mol. The monoisotopic (exact) mass is 333 g/mol. The van der Waals surface area contributed by atoms with Crippen LogP contribution < -0.4 is 10.6 Å². The molecule has 2 aliphatic rings. The molecule has 0 saturated carbocycles. The summed E-state index contributed by atoms with van der Waals surface area (Å²) in [4.78, 5) is 36.9. The van der Waals surface area contributed by atoms with Gasteiger partial charge in [0.25, 0.3) is 0 Å². The second-order valence-electron chi connectivity index (χ2n) is 6.20. The second kappa shape index (κ2) is 8.50. The third-order valence-corrected chi connectivity index (χ3v) is 4.41. The van der Waals surface area contributed by atoms with E-state index >= 15 is 0 Å². The zero-order chi connectivity index (χ0) is 17.5. The molecule has 0 aliphatic carbocycles. The molecular formula is C17H23N3O4. The summed E-state index contributed by atoms with van der Waals surface area (Å²) in [5, 5.41) is 14.6. The minimum atomic E-state index is -1.13. The smallest absolute Gasteiger partial charge is 0.320 e. The zero-order valence-electron chi connectivity index (χ0n) is 13.5. The van der Waals surface area contributed by atoms with E-state index < -0.39 is 11.9 Å². The van der Waals surface area contributed by atoms with E-state index in [2.05, 4.69) is 16.6 Å². The normalized spacial score (nSPS) is 22.5. The Bertz CT molecular complexity index is 563. The Balaban J connectivity index is 1.82. The number of carbonyl (C=O) groups is 3. The number of hydrogen-bond acceptors (Lipinski definition) is 4. The summed E-state index contributed by atoms with van der Waals surface area (Å²) in [7, 11) is 0. The van der Waals surface area contributed by atoms with Crippen molar-refractivity contribution in [3.05, 3.63) is 12.2 Å². The van der Waals surface area contributed by atoms with Crippen LogP contribution in [0, 0.1) is 30.1 Å². The molecule has 130 valence electrons. The molecule has 0 aromatic heterocycles. The number of likely N-dealkylation sites (tertiary alicyclic amines) is 1.